The topological polar surface area (TPSA) is 114 Å². The molecule has 2 amide bonds. The number of benzene rings is 3. The van der Waals surface area contributed by atoms with E-state index >= 15 is 0 Å². The van der Waals surface area contributed by atoms with Crippen molar-refractivity contribution in [2.45, 2.75) is 63.1 Å². The van der Waals surface area contributed by atoms with Gasteiger partial charge in [0.2, 0.25) is 11.8 Å². The lowest BCUT2D eigenvalue weighted by atomic mass is 10.1. The SMILES string of the molecule is COc1ccc(CN(C(=O)CN(c2cc(OC)ccc2OC)S(=O)(=O)c2ccc(C)cc2)C(C)C(=O)NC2CCCC2)cc1. The van der Waals surface area contributed by atoms with Crippen LogP contribution in [0.2, 0.25) is 0 Å². The highest BCUT2D eigenvalue weighted by Crippen LogP contribution is 2.36. The van der Waals surface area contributed by atoms with Crippen molar-refractivity contribution in [1.82, 2.24) is 10.2 Å². The number of hydrogen-bond acceptors (Lipinski definition) is 7. The van der Waals surface area contributed by atoms with Gasteiger partial charge in [-0.15, -0.1) is 0 Å². The molecule has 3 aromatic carbocycles. The third-order valence-corrected chi connectivity index (χ3v) is 9.70. The Hall–Kier alpha value is -4.25. The van der Waals surface area contributed by atoms with Crippen LogP contribution in [0.25, 0.3) is 0 Å². The van der Waals surface area contributed by atoms with E-state index in [1.807, 2.05) is 19.1 Å². The Morgan fingerprint density at radius 2 is 1.50 bits per heavy atom. The molecular weight excluding hydrogens is 582 g/mol. The number of hydrogen-bond donors (Lipinski definition) is 1. The predicted octanol–water partition coefficient (Wildman–Crippen LogP) is 4.69. The van der Waals surface area contributed by atoms with Crippen molar-refractivity contribution in [2.24, 2.45) is 0 Å². The van der Waals surface area contributed by atoms with Crippen molar-refractivity contribution < 1.29 is 32.2 Å². The summed E-state index contributed by atoms with van der Waals surface area (Å²) in [6, 6.07) is 17.5. The number of methoxy groups -OCH3 is 3. The van der Waals surface area contributed by atoms with Crippen LogP contribution in [0.4, 0.5) is 5.69 Å². The first-order chi connectivity index (χ1) is 21.1. The molecule has 1 unspecified atom stereocenters. The van der Waals surface area contributed by atoms with E-state index in [9.17, 15) is 18.0 Å². The minimum Gasteiger partial charge on any atom is -0.497 e. The molecule has 0 spiro atoms. The van der Waals surface area contributed by atoms with E-state index in [-0.39, 0.29) is 34.8 Å². The summed E-state index contributed by atoms with van der Waals surface area (Å²) in [5.41, 5.74) is 1.78. The van der Waals surface area contributed by atoms with Gasteiger partial charge in [0.25, 0.3) is 10.0 Å². The second kappa shape index (κ2) is 14.5. The predicted molar refractivity (Wildman–Crippen MR) is 169 cm³/mol. The molecule has 1 aliphatic carbocycles. The number of anilines is 1. The zero-order chi connectivity index (χ0) is 31.9. The molecule has 10 nitrogen and oxygen atoms in total. The van der Waals surface area contributed by atoms with Crippen LogP contribution in [0.3, 0.4) is 0 Å². The first kappa shape index (κ1) is 32.7. The number of nitrogens with one attached hydrogen (secondary N) is 1. The van der Waals surface area contributed by atoms with Gasteiger partial charge >= 0.3 is 0 Å². The van der Waals surface area contributed by atoms with Crippen molar-refractivity contribution in [3.8, 4) is 17.2 Å². The third kappa shape index (κ3) is 7.63. The highest BCUT2D eigenvalue weighted by molar-refractivity contribution is 7.92. The molecule has 0 aromatic heterocycles. The Labute approximate surface area is 260 Å². The second-order valence-electron chi connectivity index (χ2n) is 10.9. The largest absolute Gasteiger partial charge is 0.497 e. The molecule has 0 aliphatic heterocycles. The second-order valence-corrected chi connectivity index (χ2v) is 12.8. The summed E-state index contributed by atoms with van der Waals surface area (Å²) in [6.07, 6.45) is 3.87. The quantitative estimate of drug-likeness (QED) is 0.294. The molecule has 4 rings (SSSR count). The summed E-state index contributed by atoms with van der Waals surface area (Å²) < 4.78 is 45.6. The third-order valence-electron chi connectivity index (χ3n) is 7.92. The van der Waals surface area contributed by atoms with E-state index in [2.05, 4.69) is 5.32 Å². The van der Waals surface area contributed by atoms with E-state index < -0.39 is 28.5 Å². The maximum Gasteiger partial charge on any atom is 0.264 e. The summed E-state index contributed by atoms with van der Waals surface area (Å²) in [7, 11) is 0.190. The molecule has 1 atom stereocenters. The first-order valence-corrected chi connectivity index (χ1v) is 16.1. The van der Waals surface area contributed by atoms with Crippen molar-refractivity contribution in [2.75, 3.05) is 32.2 Å². The van der Waals surface area contributed by atoms with Crippen LogP contribution in [-0.2, 0) is 26.2 Å². The maximum atomic E-state index is 14.3. The standard InChI is InChI=1S/C33H41N3O7S/c1-23-10-17-29(18-11-23)44(39,40)36(30-20-28(42-4)16-19-31(30)43-5)22-32(37)35(21-25-12-14-27(41-3)15-13-25)24(2)33(38)34-26-8-6-7-9-26/h10-20,24,26H,6-9,21-22H2,1-5H3,(H,34,38). The van der Waals surface area contributed by atoms with Gasteiger partial charge in [0.05, 0.1) is 31.9 Å². The molecule has 1 aliphatic rings. The summed E-state index contributed by atoms with van der Waals surface area (Å²) in [6.45, 7) is 3.02. The van der Waals surface area contributed by atoms with Crippen LogP contribution < -0.4 is 23.8 Å². The van der Waals surface area contributed by atoms with Crippen LogP contribution in [0.15, 0.2) is 71.6 Å². The highest BCUT2D eigenvalue weighted by atomic mass is 32.2. The minimum atomic E-state index is -4.27. The smallest absolute Gasteiger partial charge is 0.264 e. The lowest BCUT2D eigenvalue weighted by Gasteiger charge is -2.33. The highest BCUT2D eigenvalue weighted by Gasteiger charge is 2.34. The summed E-state index contributed by atoms with van der Waals surface area (Å²) >= 11 is 0. The van der Waals surface area contributed by atoms with E-state index in [1.54, 1.807) is 50.4 Å². The van der Waals surface area contributed by atoms with Crippen molar-refractivity contribution in [1.29, 1.82) is 0 Å². The summed E-state index contributed by atoms with van der Waals surface area (Å²) in [4.78, 5) is 29.1. The lowest BCUT2D eigenvalue weighted by Crippen LogP contribution is -2.52. The lowest BCUT2D eigenvalue weighted by molar-refractivity contribution is -0.139. The van der Waals surface area contributed by atoms with E-state index in [1.165, 1.54) is 37.3 Å². The minimum absolute atomic E-state index is 0.00880. The van der Waals surface area contributed by atoms with Crippen LogP contribution >= 0.6 is 0 Å². The molecule has 1 saturated carbocycles. The van der Waals surface area contributed by atoms with Crippen molar-refractivity contribution >= 4 is 27.5 Å². The van der Waals surface area contributed by atoms with Crippen LogP contribution in [-0.4, -0.2) is 65.1 Å². The van der Waals surface area contributed by atoms with Gasteiger partial charge in [-0.2, -0.15) is 0 Å². The van der Waals surface area contributed by atoms with Gasteiger partial charge in [-0.05, 0) is 68.7 Å². The maximum absolute atomic E-state index is 14.3. The van der Waals surface area contributed by atoms with Crippen LogP contribution in [0.1, 0.15) is 43.7 Å². The zero-order valence-electron chi connectivity index (χ0n) is 25.9. The average Bonchev–Trinajstić information content (AvgIpc) is 3.55. The molecule has 44 heavy (non-hydrogen) atoms. The normalized spacial score (nSPS) is 14.0. The summed E-state index contributed by atoms with van der Waals surface area (Å²) in [5, 5.41) is 3.08. The molecule has 0 radical (unpaired) electrons. The van der Waals surface area contributed by atoms with Gasteiger partial charge < -0.3 is 24.4 Å². The monoisotopic (exact) mass is 623 g/mol. The summed E-state index contributed by atoms with van der Waals surface area (Å²) in [5.74, 6) is 0.431. The zero-order valence-corrected chi connectivity index (χ0v) is 26.7. The molecule has 1 fully saturated rings. The molecule has 236 valence electrons. The van der Waals surface area contributed by atoms with E-state index in [0.717, 1.165) is 41.1 Å². The number of ether oxygens (including phenoxy) is 3. The molecule has 11 heteroatoms. The molecular formula is C33H41N3O7S. The van der Waals surface area contributed by atoms with Gasteiger partial charge in [-0.3, -0.25) is 13.9 Å². The molecule has 3 aromatic rings. The van der Waals surface area contributed by atoms with Gasteiger partial charge in [0, 0.05) is 18.7 Å². The number of amides is 2. The number of nitrogens with zero attached hydrogens (tertiary/aromatic N) is 2. The Bertz CT molecular complexity index is 1540. The fourth-order valence-corrected chi connectivity index (χ4v) is 6.66. The number of rotatable bonds is 13. The molecule has 1 N–H and O–H groups in total. The number of carbonyl (C=O) groups is 2. The Morgan fingerprint density at radius 3 is 2.09 bits per heavy atom. The number of aryl methyl sites for hydroxylation is 1. The van der Waals surface area contributed by atoms with Crippen LogP contribution in [0, 0.1) is 6.92 Å². The van der Waals surface area contributed by atoms with Crippen molar-refractivity contribution in [3.05, 3.63) is 77.9 Å². The van der Waals surface area contributed by atoms with Gasteiger partial charge in [0.15, 0.2) is 0 Å². The Morgan fingerprint density at radius 1 is 0.886 bits per heavy atom. The average molecular weight is 624 g/mol. The number of sulfonamides is 1. The first-order valence-electron chi connectivity index (χ1n) is 14.6. The fraction of sp³-hybridized carbons (Fsp3) is 0.394. The van der Waals surface area contributed by atoms with Crippen LogP contribution in [0.5, 0.6) is 17.2 Å². The molecule has 0 heterocycles. The van der Waals surface area contributed by atoms with E-state index in [0.29, 0.717) is 11.5 Å². The fourth-order valence-electron chi connectivity index (χ4n) is 5.24. The van der Waals surface area contributed by atoms with Gasteiger partial charge in [-0.1, -0.05) is 42.7 Å². The van der Waals surface area contributed by atoms with Crippen molar-refractivity contribution in [3.63, 3.8) is 0 Å². The molecule has 0 bridgehead atoms. The van der Waals surface area contributed by atoms with E-state index in [4.69, 9.17) is 14.2 Å². The van der Waals surface area contributed by atoms with Gasteiger partial charge in [0.1, 0.15) is 29.8 Å². The van der Waals surface area contributed by atoms with Gasteiger partial charge in [-0.25, -0.2) is 8.42 Å². The molecule has 0 saturated heterocycles. The number of carbonyl (C=O) groups excluding carboxylic acids is 2. The Balaban J connectivity index is 1.75. The Kier molecular flexibility index (Phi) is 10.7.